The van der Waals surface area contributed by atoms with Gasteiger partial charge in [0.05, 0.1) is 17.6 Å². The predicted octanol–water partition coefficient (Wildman–Crippen LogP) is -1.71. The summed E-state index contributed by atoms with van der Waals surface area (Å²) in [5, 5.41) is 30.0. The minimum Gasteiger partial charge on any atom is -0.394 e. The Morgan fingerprint density at radius 2 is 2.35 bits per heavy atom. The summed E-state index contributed by atoms with van der Waals surface area (Å²) in [6, 6.07) is 0. The summed E-state index contributed by atoms with van der Waals surface area (Å²) in [5.41, 5.74) is 3.68. The van der Waals surface area contributed by atoms with Crippen molar-refractivity contribution in [2.24, 2.45) is 0 Å². The van der Waals surface area contributed by atoms with E-state index in [1.807, 2.05) is 0 Å². The molecule has 2 aromatic rings. The quantitative estimate of drug-likeness (QED) is 0.414. The van der Waals surface area contributed by atoms with E-state index in [2.05, 4.69) is 15.9 Å². The summed E-state index contributed by atoms with van der Waals surface area (Å²) >= 11 is 0. The predicted molar refractivity (Wildman–Crippen MR) is 80.3 cm³/mol. The zero-order valence-corrected chi connectivity index (χ0v) is 12.2. The number of rotatable bonds is 2. The number of ether oxygens (including phenoxy) is 1. The molecule has 1 aliphatic rings. The molecule has 6 N–H and O–H groups in total. The van der Waals surface area contributed by atoms with Gasteiger partial charge in [0.1, 0.15) is 17.8 Å². The van der Waals surface area contributed by atoms with Crippen LogP contribution in [0.1, 0.15) is 18.7 Å². The Labute approximate surface area is 130 Å². The molecule has 0 spiro atoms. The van der Waals surface area contributed by atoms with Crippen LogP contribution in [0.3, 0.4) is 0 Å². The summed E-state index contributed by atoms with van der Waals surface area (Å²) < 4.78 is 6.86. The number of terminal acetylenes is 1. The Balaban J connectivity index is 2.26. The number of aromatic amines is 1. The minimum atomic E-state index is -1.73. The van der Waals surface area contributed by atoms with Gasteiger partial charge in [0.15, 0.2) is 11.9 Å². The van der Waals surface area contributed by atoms with Crippen molar-refractivity contribution in [1.29, 1.82) is 0 Å². The number of aromatic nitrogens is 3. The van der Waals surface area contributed by atoms with Crippen molar-refractivity contribution in [3.8, 4) is 12.3 Å². The van der Waals surface area contributed by atoms with Gasteiger partial charge in [0, 0.05) is 6.20 Å². The summed E-state index contributed by atoms with van der Waals surface area (Å²) in [7, 11) is 0. The fourth-order valence-electron chi connectivity index (χ4n) is 2.85. The Morgan fingerprint density at radius 3 is 2.91 bits per heavy atom. The van der Waals surface area contributed by atoms with Gasteiger partial charge in [0.2, 0.25) is 5.95 Å². The van der Waals surface area contributed by atoms with Crippen LogP contribution in [-0.2, 0) is 4.74 Å². The molecule has 4 atom stereocenters. The van der Waals surface area contributed by atoms with Crippen molar-refractivity contribution in [2.45, 2.75) is 31.0 Å². The first-order chi connectivity index (χ1) is 10.8. The van der Waals surface area contributed by atoms with Crippen molar-refractivity contribution in [3.63, 3.8) is 0 Å². The van der Waals surface area contributed by atoms with E-state index in [9.17, 15) is 20.1 Å². The second-order valence-electron chi connectivity index (χ2n) is 5.62. The third kappa shape index (κ3) is 2.12. The highest BCUT2D eigenvalue weighted by atomic mass is 16.6. The molecule has 1 fully saturated rings. The Bertz CT molecular complexity index is 862. The number of anilines is 1. The second-order valence-corrected chi connectivity index (χ2v) is 5.62. The highest BCUT2D eigenvalue weighted by Gasteiger charge is 2.53. The lowest BCUT2D eigenvalue weighted by Gasteiger charge is -2.27. The van der Waals surface area contributed by atoms with Gasteiger partial charge >= 0.3 is 0 Å². The molecule has 0 saturated carbocycles. The fourth-order valence-corrected chi connectivity index (χ4v) is 2.85. The van der Waals surface area contributed by atoms with Gasteiger partial charge in [-0.1, -0.05) is 5.92 Å². The lowest BCUT2D eigenvalue weighted by atomic mass is 9.96. The number of nitrogens with zero attached hydrogens (tertiary/aromatic N) is 2. The monoisotopic (exact) mass is 320 g/mol. The Kier molecular flexibility index (Phi) is 3.42. The first kappa shape index (κ1) is 15.5. The molecule has 2 aromatic heterocycles. The van der Waals surface area contributed by atoms with E-state index >= 15 is 0 Å². The molecule has 9 heteroatoms. The van der Waals surface area contributed by atoms with E-state index in [-0.39, 0.29) is 22.5 Å². The van der Waals surface area contributed by atoms with Crippen molar-refractivity contribution < 1.29 is 20.1 Å². The molecule has 0 radical (unpaired) electrons. The van der Waals surface area contributed by atoms with Crippen LogP contribution in [0.2, 0.25) is 0 Å². The molecule has 0 bridgehead atoms. The van der Waals surface area contributed by atoms with Gasteiger partial charge in [-0.3, -0.25) is 9.78 Å². The average Bonchev–Trinajstić information content (AvgIpc) is 2.95. The lowest BCUT2D eigenvalue weighted by Crippen LogP contribution is -2.44. The molecule has 0 amide bonds. The molecule has 1 aliphatic heterocycles. The maximum absolute atomic E-state index is 12.1. The van der Waals surface area contributed by atoms with Crippen LogP contribution in [0.4, 0.5) is 5.95 Å². The van der Waals surface area contributed by atoms with E-state index in [1.165, 1.54) is 17.7 Å². The molecular formula is C14H16N4O5. The van der Waals surface area contributed by atoms with Gasteiger partial charge < -0.3 is 30.4 Å². The van der Waals surface area contributed by atoms with E-state index in [0.29, 0.717) is 0 Å². The highest BCUT2D eigenvalue weighted by molar-refractivity contribution is 5.83. The number of aliphatic hydroxyl groups is 3. The molecule has 0 unspecified atom stereocenters. The second kappa shape index (κ2) is 5.07. The molecule has 3 rings (SSSR count). The number of H-pyrrole nitrogens is 1. The average molecular weight is 320 g/mol. The van der Waals surface area contributed by atoms with Crippen LogP contribution in [-0.4, -0.2) is 54.3 Å². The van der Waals surface area contributed by atoms with Gasteiger partial charge in [-0.2, -0.15) is 4.98 Å². The van der Waals surface area contributed by atoms with Crippen LogP contribution in [0.5, 0.6) is 0 Å². The normalized spacial score (nSPS) is 30.7. The van der Waals surface area contributed by atoms with Gasteiger partial charge in [-0.15, -0.1) is 6.42 Å². The smallest absolute Gasteiger partial charge is 0.263 e. The number of hydrogen-bond donors (Lipinski definition) is 5. The van der Waals surface area contributed by atoms with E-state index in [0.717, 1.165) is 0 Å². The van der Waals surface area contributed by atoms with Crippen LogP contribution in [0.15, 0.2) is 11.0 Å². The fraction of sp³-hybridized carbons (Fsp3) is 0.429. The zero-order chi connectivity index (χ0) is 16.9. The summed E-state index contributed by atoms with van der Waals surface area (Å²) in [4.78, 5) is 18.5. The van der Waals surface area contributed by atoms with Crippen LogP contribution in [0.25, 0.3) is 11.0 Å². The summed E-state index contributed by atoms with van der Waals surface area (Å²) in [5.74, 6) is 2.24. The summed E-state index contributed by atoms with van der Waals surface area (Å²) in [6.07, 6.45) is 3.41. The van der Waals surface area contributed by atoms with Gasteiger partial charge in [0.25, 0.3) is 5.56 Å². The number of nitrogens with one attached hydrogen (secondary N) is 1. The molecule has 1 saturated heterocycles. The first-order valence-electron chi connectivity index (χ1n) is 6.85. The molecule has 9 nitrogen and oxygen atoms in total. The van der Waals surface area contributed by atoms with E-state index in [1.54, 1.807) is 0 Å². The maximum atomic E-state index is 12.1. The standard InChI is InChI=1S/C14H16N4O5/c1-3-6-4-18(10-8(6)11(21)17-13(15)16-10)12-14(2,22)9(20)7(5-19)23-12/h1,4,7,9,12,19-20,22H,5H2,2H3,(H3,15,16,17,21)/t7-,9-,12-,14-/m1/s1. The molecule has 0 aromatic carbocycles. The third-order valence-electron chi connectivity index (χ3n) is 4.04. The zero-order valence-electron chi connectivity index (χ0n) is 12.2. The Morgan fingerprint density at radius 1 is 1.65 bits per heavy atom. The topological polar surface area (TPSA) is 147 Å². The first-order valence-corrected chi connectivity index (χ1v) is 6.85. The summed E-state index contributed by atoms with van der Waals surface area (Å²) in [6.45, 7) is 0.876. The van der Waals surface area contributed by atoms with E-state index < -0.39 is 36.2 Å². The van der Waals surface area contributed by atoms with Crippen molar-refractivity contribution in [3.05, 3.63) is 22.1 Å². The number of fused-ring (bicyclic) bond motifs is 1. The van der Waals surface area contributed by atoms with Crippen LogP contribution in [0, 0.1) is 12.3 Å². The molecule has 3 heterocycles. The van der Waals surface area contributed by atoms with Crippen LogP contribution >= 0.6 is 0 Å². The molecular weight excluding hydrogens is 304 g/mol. The number of nitrogen functional groups attached to an aromatic ring is 1. The largest absolute Gasteiger partial charge is 0.394 e. The highest BCUT2D eigenvalue weighted by Crippen LogP contribution is 2.39. The van der Waals surface area contributed by atoms with E-state index in [4.69, 9.17) is 16.9 Å². The van der Waals surface area contributed by atoms with Crippen molar-refractivity contribution >= 4 is 17.0 Å². The third-order valence-corrected chi connectivity index (χ3v) is 4.04. The molecule has 0 aliphatic carbocycles. The number of nitrogens with two attached hydrogens (primary N) is 1. The Hall–Kier alpha value is -2.38. The SMILES string of the molecule is C#Cc1cn([C@@H]2O[C@H](CO)[C@@H](O)[C@@]2(C)O)c2nc(N)[nH]c(=O)c12. The number of hydrogen-bond acceptors (Lipinski definition) is 7. The lowest BCUT2D eigenvalue weighted by molar-refractivity contribution is -0.0948. The molecule has 23 heavy (non-hydrogen) atoms. The van der Waals surface area contributed by atoms with Gasteiger partial charge in [-0.25, -0.2) is 0 Å². The maximum Gasteiger partial charge on any atom is 0.263 e. The van der Waals surface area contributed by atoms with Crippen molar-refractivity contribution in [2.75, 3.05) is 12.3 Å². The molecule has 122 valence electrons. The van der Waals surface area contributed by atoms with Gasteiger partial charge in [-0.05, 0) is 6.92 Å². The van der Waals surface area contributed by atoms with Crippen LogP contribution < -0.4 is 11.3 Å². The number of aliphatic hydroxyl groups excluding tert-OH is 2. The minimum absolute atomic E-state index is 0.121. The van der Waals surface area contributed by atoms with Crippen molar-refractivity contribution in [1.82, 2.24) is 14.5 Å².